The Morgan fingerprint density at radius 3 is 2.77 bits per heavy atom. The fraction of sp³-hybridized carbons (Fsp3) is 0.429. The molecule has 0 fully saturated rings. The average Bonchev–Trinajstić information content (AvgIpc) is 3.11. The quantitative estimate of drug-likeness (QED) is 0.826. The molecular weight excluding hydrogens is 290 g/mol. The van der Waals surface area contributed by atoms with Gasteiger partial charge in [-0.3, -0.25) is 9.59 Å². The molecule has 0 aliphatic carbocycles. The Morgan fingerprint density at radius 1 is 1.41 bits per heavy atom. The number of hydrogen-bond donors (Lipinski definition) is 1. The molecule has 0 atom stereocenters. The Bertz CT molecular complexity index is 633. The molecule has 1 N–H and O–H groups in total. The summed E-state index contributed by atoms with van der Waals surface area (Å²) in [5.41, 5.74) is 0.691. The number of aromatic nitrogens is 2. The van der Waals surface area contributed by atoms with Gasteiger partial charge in [-0.05, 0) is 19.9 Å². The highest BCUT2D eigenvalue weighted by molar-refractivity contribution is 5.81. The van der Waals surface area contributed by atoms with Gasteiger partial charge >= 0.3 is 5.97 Å². The fourth-order valence-corrected chi connectivity index (χ4v) is 1.93. The van der Waals surface area contributed by atoms with Gasteiger partial charge in [-0.25, -0.2) is 0 Å². The van der Waals surface area contributed by atoms with Crippen molar-refractivity contribution < 1.29 is 23.6 Å². The normalized spacial score (nSPS) is 10.9. The summed E-state index contributed by atoms with van der Waals surface area (Å²) < 4.78 is 10.0. The number of hydrogen-bond acceptors (Lipinski definition) is 6. The monoisotopic (exact) mass is 307 g/mol. The summed E-state index contributed by atoms with van der Waals surface area (Å²) in [6, 6.07) is 1.51. The van der Waals surface area contributed by atoms with Gasteiger partial charge in [-0.1, -0.05) is 5.16 Å². The largest absolute Gasteiger partial charge is 0.480 e. The van der Waals surface area contributed by atoms with E-state index in [9.17, 15) is 9.59 Å². The van der Waals surface area contributed by atoms with Crippen molar-refractivity contribution in [2.24, 2.45) is 0 Å². The van der Waals surface area contributed by atoms with Crippen LogP contribution in [0.3, 0.4) is 0 Å². The number of carboxylic acids is 1. The molecule has 0 aromatic carbocycles. The lowest BCUT2D eigenvalue weighted by Crippen LogP contribution is -2.40. The molecular formula is C14H17N3O5. The van der Waals surface area contributed by atoms with E-state index in [-0.39, 0.29) is 31.3 Å². The maximum Gasteiger partial charge on any atom is 0.323 e. The van der Waals surface area contributed by atoms with Crippen LogP contribution in [0.1, 0.15) is 26.2 Å². The van der Waals surface area contributed by atoms with Crippen LogP contribution < -0.4 is 0 Å². The van der Waals surface area contributed by atoms with Crippen molar-refractivity contribution in [1.29, 1.82) is 0 Å². The first kappa shape index (κ1) is 15.7. The first-order valence-electron chi connectivity index (χ1n) is 6.83. The summed E-state index contributed by atoms with van der Waals surface area (Å²) in [7, 11) is 0. The molecule has 8 nitrogen and oxygen atoms in total. The SMILES string of the molecule is CC(C)N(CC(=O)O)C(=O)CCc1nc(-c2ccoc2)no1. The third kappa shape index (κ3) is 3.94. The van der Waals surface area contributed by atoms with Gasteiger partial charge in [0.15, 0.2) is 0 Å². The summed E-state index contributed by atoms with van der Waals surface area (Å²) in [5, 5.41) is 12.6. The lowest BCUT2D eigenvalue weighted by molar-refractivity contribution is -0.145. The smallest absolute Gasteiger partial charge is 0.323 e. The number of nitrogens with zero attached hydrogens (tertiary/aromatic N) is 3. The minimum Gasteiger partial charge on any atom is -0.480 e. The molecule has 0 radical (unpaired) electrons. The van der Waals surface area contributed by atoms with E-state index >= 15 is 0 Å². The zero-order valence-corrected chi connectivity index (χ0v) is 12.4. The molecule has 118 valence electrons. The Kier molecular flexibility index (Phi) is 4.92. The summed E-state index contributed by atoms with van der Waals surface area (Å²) in [4.78, 5) is 28.3. The molecule has 0 saturated carbocycles. The highest BCUT2D eigenvalue weighted by atomic mass is 16.5. The average molecular weight is 307 g/mol. The molecule has 2 heterocycles. The van der Waals surface area contributed by atoms with Gasteiger partial charge in [0.2, 0.25) is 17.6 Å². The van der Waals surface area contributed by atoms with E-state index in [0.29, 0.717) is 17.3 Å². The van der Waals surface area contributed by atoms with Crippen molar-refractivity contribution in [3.8, 4) is 11.4 Å². The van der Waals surface area contributed by atoms with E-state index in [1.165, 1.54) is 17.4 Å². The second-order valence-electron chi connectivity index (χ2n) is 5.03. The highest BCUT2D eigenvalue weighted by Gasteiger charge is 2.20. The second kappa shape index (κ2) is 6.88. The second-order valence-corrected chi connectivity index (χ2v) is 5.03. The van der Waals surface area contributed by atoms with Gasteiger partial charge in [0.25, 0.3) is 0 Å². The molecule has 8 heteroatoms. The first-order valence-corrected chi connectivity index (χ1v) is 6.83. The molecule has 0 aliphatic heterocycles. The minimum atomic E-state index is -1.04. The highest BCUT2D eigenvalue weighted by Crippen LogP contribution is 2.16. The molecule has 2 rings (SSSR count). The van der Waals surface area contributed by atoms with Gasteiger partial charge in [-0.2, -0.15) is 4.98 Å². The van der Waals surface area contributed by atoms with Crippen LogP contribution in [0, 0.1) is 0 Å². The standard InChI is InChI=1S/C14H17N3O5/c1-9(2)17(7-13(19)20)12(18)4-3-11-15-14(16-22-11)10-5-6-21-8-10/h5-6,8-9H,3-4,7H2,1-2H3,(H,19,20). The van der Waals surface area contributed by atoms with E-state index in [1.807, 2.05) is 0 Å². The number of furan rings is 1. The van der Waals surface area contributed by atoms with Gasteiger partial charge in [0.1, 0.15) is 12.8 Å². The zero-order valence-electron chi connectivity index (χ0n) is 12.4. The molecule has 0 aliphatic rings. The third-order valence-corrected chi connectivity index (χ3v) is 3.05. The number of rotatable bonds is 7. The Hall–Kier alpha value is -2.64. The van der Waals surface area contributed by atoms with E-state index in [1.54, 1.807) is 19.9 Å². The Morgan fingerprint density at radius 2 is 2.18 bits per heavy atom. The molecule has 2 aromatic rings. The van der Waals surface area contributed by atoms with Gasteiger partial charge in [0.05, 0.1) is 11.8 Å². The van der Waals surface area contributed by atoms with Gasteiger partial charge in [-0.15, -0.1) is 0 Å². The molecule has 0 bridgehead atoms. The lowest BCUT2D eigenvalue weighted by atomic mass is 10.2. The molecule has 22 heavy (non-hydrogen) atoms. The summed E-state index contributed by atoms with van der Waals surface area (Å²) in [6.07, 6.45) is 3.36. The minimum absolute atomic E-state index is 0.110. The molecule has 0 spiro atoms. The predicted octanol–water partition coefficient (Wildman–Crippen LogP) is 1.58. The van der Waals surface area contributed by atoms with E-state index in [0.717, 1.165) is 0 Å². The Balaban J connectivity index is 1.94. The summed E-state index contributed by atoms with van der Waals surface area (Å²) in [5.74, 6) is -0.589. The number of aryl methyl sites for hydroxylation is 1. The molecule has 1 amide bonds. The van der Waals surface area contributed by atoms with Crippen LogP contribution in [0.2, 0.25) is 0 Å². The van der Waals surface area contributed by atoms with Crippen LogP contribution in [0.4, 0.5) is 0 Å². The van der Waals surface area contributed by atoms with Crippen molar-refractivity contribution in [3.05, 3.63) is 24.5 Å². The molecule has 0 unspecified atom stereocenters. The third-order valence-electron chi connectivity index (χ3n) is 3.05. The fourth-order valence-electron chi connectivity index (χ4n) is 1.93. The van der Waals surface area contributed by atoms with Crippen molar-refractivity contribution in [2.45, 2.75) is 32.7 Å². The van der Waals surface area contributed by atoms with Crippen LogP contribution in [0.25, 0.3) is 11.4 Å². The van der Waals surface area contributed by atoms with Crippen LogP contribution in [-0.2, 0) is 16.0 Å². The van der Waals surface area contributed by atoms with E-state index in [2.05, 4.69) is 10.1 Å². The predicted molar refractivity (Wildman–Crippen MR) is 74.8 cm³/mol. The Labute approximate surface area is 126 Å². The maximum absolute atomic E-state index is 12.1. The van der Waals surface area contributed by atoms with Crippen molar-refractivity contribution >= 4 is 11.9 Å². The number of carboxylic acid groups (broad SMARTS) is 1. The number of aliphatic carboxylic acids is 1. The first-order chi connectivity index (χ1) is 10.5. The van der Waals surface area contributed by atoms with Crippen LogP contribution in [0.15, 0.2) is 27.5 Å². The van der Waals surface area contributed by atoms with Crippen LogP contribution in [0.5, 0.6) is 0 Å². The maximum atomic E-state index is 12.1. The summed E-state index contributed by atoms with van der Waals surface area (Å²) >= 11 is 0. The number of amides is 1. The molecule has 0 saturated heterocycles. The van der Waals surface area contributed by atoms with Crippen LogP contribution in [-0.4, -0.2) is 44.6 Å². The van der Waals surface area contributed by atoms with E-state index in [4.69, 9.17) is 14.0 Å². The van der Waals surface area contributed by atoms with Gasteiger partial charge in [0, 0.05) is 18.9 Å². The lowest BCUT2D eigenvalue weighted by Gasteiger charge is -2.24. The number of carbonyl (C=O) groups excluding carboxylic acids is 1. The van der Waals surface area contributed by atoms with E-state index < -0.39 is 5.97 Å². The van der Waals surface area contributed by atoms with Crippen molar-refractivity contribution in [3.63, 3.8) is 0 Å². The van der Waals surface area contributed by atoms with Crippen LogP contribution >= 0.6 is 0 Å². The topological polar surface area (TPSA) is 110 Å². The van der Waals surface area contributed by atoms with Crippen molar-refractivity contribution in [1.82, 2.24) is 15.0 Å². The van der Waals surface area contributed by atoms with Gasteiger partial charge < -0.3 is 18.9 Å². The van der Waals surface area contributed by atoms with Crippen molar-refractivity contribution in [2.75, 3.05) is 6.54 Å². The molecule has 2 aromatic heterocycles. The summed E-state index contributed by atoms with van der Waals surface area (Å²) in [6.45, 7) is 3.22. The number of carbonyl (C=O) groups is 2. The zero-order chi connectivity index (χ0) is 16.1.